The number of hydrogen-bond acceptors (Lipinski definition) is 2. The largest absolute Gasteiger partial charge is 0.351 e. The van der Waals surface area contributed by atoms with Crippen LogP contribution in [0.15, 0.2) is 0 Å². The highest BCUT2D eigenvalue weighted by Crippen LogP contribution is 2.33. The smallest absolute Gasteiger partial charge is 0.237 e. The fraction of sp³-hybridized carbons (Fsp3) is 0.875. The van der Waals surface area contributed by atoms with Crippen LogP contribution in [0.25, 0.3) is 0 Å². The molecule has 0 aromatic rings. The third-order valence-electron chi connectivity index (χ3n) is 2.41. The van der Waals surface area contributed by atoms with Crippen LogP contribution in [0.2, 0.25) is 0 Å². The minimum Gasteiger partial charge on any atom is -0.351 e. The zero-order chi connectivity index (χ0) is 7.84. The topological polar surface area (TPSA) is 41.1 Å². The third kappa shape index (κ3) is 1.38. The van der Waals surface area contributed by atoms with Gasteiger partial charge in [0.05, 0.1) is 6.04 Å². The maximum Gasteiger partial charge on any atom is 0.237 e. The second-order valence-electron chi connectivity index (χ2n) is 3.63. The van der Waals surface area contributed by atoms with Crippen molar-refractivity contribution in [3.8, 4) is 0 Å². The highest BCUT2D eigenvalue weighted by atomic mass is 16.2. The van der Waals surface area contributed by atoms with Crippen LogP contribution in [0, 0.1) is 5.92 Å². The summed E-state index contributed by atoms with van der Waals surface area (Å²) in [6.45, 7) is 2.95. The Morgan fingerprint density at radius 2 is 2.18 bits per heavy atom. The molecule has 2 aliphatic rings. The van der Waals surface area contributed by atoms with E-state index in [-0.39, 0.29) is 11.9 Å². The van der Waals surface area contributed by atoms with Gasteiger partial charge in [0.25, 0.3) is 0 Å². The minimum atomic E-state index is 0.117. The van der Waals surface area contributed by atoms with Crippen molar-refractivity contribution in [1.29, 1.82) is 0 Å². The van der Waals surface area contributed by atoms with Crippen LogP contribution in [-0.2, 0) is 4.79 Å². The van der Waals surface area contributed by atoms with E-state index in [0.717, 1.165) is 6.54 Å². The molecule has 11 heavy (non-hydrogen) atoms. The lowest BCUT2D eigenvalue weighted by molar-refractivity contribution is -0.125. The van der Waals surface area contributed by atoms with Gasteiger partial charge in [0, 0.05) is 12.6 Å². The monoisotopic (exact) mass is 154 g/mol. The maximum atomic E-state index is 11.3. The molecule has 1 aliphatic carbocycles. The number of carbonyl (C=O) groups is 1. The molecule has 0 bridgehead atoms. The van der Waals surface area contributed by atoms with Crippen molar-refractivity contribution in [3.05, 3.63) is 0 Å². The Bertz CT molecular complexity index is 177. The van der Waals surface area contributed by atoms with E-state index in [4.69, 9.17) is 0 Å². The summed E-state index contributed by atoms with van der Waals surface area (Å²) in [7, 11) is 0. The van der Waals surface area contributed by atoms with Gasteiger partial charge in [-0.1, -0.05) is 0 Å². The van der Waals surface area contributed by atoms with Gasteiger partial charge < -0.3 is 10.6 Å². The van der Waals surface area contributed by atoms with Crippen molar-refractivity contribution in [3.63, 3.8) is 0 Å². The Hall–Kier alpha value is -0.570. The first-order valence-corrected chi connectivity index (χ1v) is 4.31. The molecule has 0 unspecified atom stereocenters. The summed E-state index contributed by atoms with van der Waals surface area (Å²) in [6, 6.07) is 0.420. The predicted octanol–water partition coefficient (Wildman–Crippen LogP) is -0.127. The van der Waals surface area contributed by atoms with Crippen LogP contribution in [0.1, 0.15) is 19.8 Å². The van der Waals surface area contributed by atoms with Gasteiger partial charge >= 0.3 is 0 Å². The van der Waals surface area contributed by atoms with E-state index in [9.17, 15) is 4.79 Å². The van der Waals surface area contributed by atoms with Crippen LogP contribution >= 0.6 is 0 Å². The second kappa shape index (κ2) is 2.48. The molecule has 1 saturated carbocycles. The zero-order valence-electron chi connectivity index (χ0n) is 6.76. The van der Waals surface area contributed by atoms with Gasteiger partial charge in [0.2, 0.25) is 5.91 Å². The predicted molar refractivity (Wildman–Crippen MR) is 42.1 cm³/mol. The molecule has 2 atom stereocenters. The summed E-state index contributed by atoms with van der Waals surface area (Å²) in [6.07, 6.45) is 2.44. The summed E-state index contributed by atoms with van der Waals surface area (Å²) in [5.41, 5.74) is 0. The first-order chi connectivity index (χ1) is 5.27. The van der Waals surface area contributed by atoms with Gasteiger partial charge in [-0.3, -0.25) is 4.79 Å². The molecule has 1 amide bonds. The number of carbonyl (C=O) groups excluding carboxylic acids is 1. The van der Waals surface area contributed by atoms with Crippen LogP contribution in [0.4, 0.5) is 0 Å². The van der Waals surface area contributed by atoms with E-state index in [1.54, 1.807) is 0 Å². The second-order valence-corrected chi connectivity index (χ2v) is 3.63. The lowest BCUT2D eigenvalue weighted by Crippen LogP contribution is -2.58. The number of amides is 1. The van der Waals surface area contributed by atoms with Crippen LogP contribution in [0.5, 0.6) is 0 Å². The lowest BCUT2D eigenvalue weighted by atomic mass is 10.1. The molecule has 3 heteroatoms. The molecular weight excluding hydrogens is 140 g/mol. The van der Waals surface area contributed by atoms with Gasteiger partial charge in [0.15, 0.2) is 0 Å². The molecule has 62 valence electrons. The molecule has 0 aromatic heterocycles. The Kier molecular flexibility index (Phi) is 1.60. The lowest BCUT2D eigenvalue weighted by Gasteiger charge is -2.28. The Morgan fingerprint density at radius 3 is 2.73 bits per heavy atom. The standard InChI is InChI=1S/C8H14N2O/c1-5-4-9-7(6-2-3-6)8(11)10-5/h5-7,9H,2-4H2,1H3,(H,10,11)/t5-,7+/m0/s1. The Labute approximate surface area is 66.5 Å². The van der Waals surface area contributed by atoms with Crippen molar-refractivity contribution < 1.29 is 4.79 Å². The molecular formula is C8H14N2O. The zero-order valence-corrected chi connectivity index (χ0v) is 6.76. The van der Waals surface area contributed by atoms with E-state index in [1.807, 2.05) is 6.92 Å². The summed E-state index contributed by atoms with van der Waals surface area (Å²) in [5, 5.41) is 6.22. The van der Waals surface area contributed by atoms with Crippen molar-refractivity contribution in [2.45, 2.75) is 31.8 Å². The van der Waals surface area contributed by atoms with Crippen molar-refractivity contribution in [2.24, 2.45) is 5.92 Å². The molecule has 2 fully saturated rings. The Morgan fingerprint density at radius 1 is 1.45 bits per heavy atom. The molecule has 0 radical (unpaired) electrons. The van der Waals surface area contributed by atoms with Gasteiger partial charge in [-0.15, -0.1) is 0 Å². The molecule has 1 aliphatic heterocycles. The summed E-state index contributed by atoms with van der Waals surface area (Å²) >= 11 is 0. The summed E-state index contributed by atoms with van der Waals surface area (Å²) in [5.74, 6) is 0.828. The molecule has 0 aromatic carbocycles. The van der Waals surface area contributed by atoms with E-state index in [1.165, 1.54) is 12.8 Å². The van der Waals surface area contributed by atoms with Crippen LogP contribution < -0.4 is 10.6 Å². The van der Waals surface area contributed by atoms with E-state index < -0.39 is 0 Å². The maximum absolute atomic E-state index is 11.3. The van der Waals surface area contributed by atoms with E-state index in [0.29, 0.717) is 12.0 Å². The first-order valence-electron chi connectivity index (χ1n) is 4.31. The highest BCUT2D eigenvalue weighted by molar-refractivity contribution is 5.83. The SMILES string of the molecule is C[C@H]1CN[C@H](C2CC2)C(=O)N1. The van der Waals surface area contributed by atoms with E-state index >= 15 is 0 Å². The Balaban J connectivity index is 1.95. The first kappa shape index (κ1) is 7.10. The molecule has 2 N–H and O–H groups in total. The van der Waals surface area contributed by atoms with Crippen molar-refractivity contribution >= 4 is 5.91 Å². The molecule has 2 rings (SSSR count). The van der Waals surface area contributed by atoms with Crippen molar-refractivity contribution in [1.82, 2.24) is 10.6 Å². The molecule has 1 heterocycles. The van der Waals surface area contributed by atoms with Gasteiger partial charge in [-0.05, 0) is 25.7 Å². The average molecular weight is 154 g/mol. The van der Waals surface area contributed by atoms with Gasteiger partial charge in [0.1, 0.15) is 0 Å². The third-order valence-corrected chi connectivity index (χ3v) is 2.41. The molecule has 1 saturated heterocycles. The number of rotatable bonds is 1. The summed E-state index contributed by atoms with van der Waals surface area (Å²) in [4.78, 5) is 11.3. The van der Waals surface area contributed by atoms with Crippen LogP contribution in [0.3, 0.4) is 0 Å². The normalized spacial score (nSPS) is 38.5. The quantitative estimate of drug-likeness (QED) is 0.552. The van der Waals surface area contributed by atoms with Gasteiger partial charge in [-0.25, -0.2) is 0 Å². The van der Waals surface area contributed by atoms with Crippen molar-refractivity contribution in [2.75, 3.05) is 6.54 Å². The number of nitrogens with one attached hydrogen (secondary N) is 2. The van der Waals surface area contributed by atoms with Crippen LogP contribution in [-0.4, -0.2) is 24.5 Å². The van der Waals surface area contributed by atoms with Gasteiger partial charge in [-0.2, -0.15) is 0 Å². The molecule has 3 nitrogen and oxygen atoms in total. The summed E-state index contributed by atoms with van der Waals surface area (Å²) < 4.78 is 0. The number of piperazine rings is 1. The highest BCUT2D eigenvalue weighted by Gasteiger charge is 2.38. The average Bonchev–Trinajstić information content (AvgIpc) is 2.70. The molecule has 0 spiro atoms. The number of hydrogen-bond donors (Lipinski definition) is 2. The fourth-order valence-corrected chi connectivity index (χ4v) is 1.59. The minimum absolute atomic E-state index is 0.117. The van der Waals surface area contributed by atoms with E-state index in [2.05, 4.69) is 10.6 Å². The fourth-order valence-electron chi connectivity index (χ4n) is 1.59.